The van der Waals surface area contributed by atoms with E-state index in [2.05, 4.69) is 0 Å². The lowest BCUT2D eigenvalue weighted by molar-refractivity contribution is 0.0999. The van der Waals surface area contributed by atoms with E-state index in [-0.39, 0.29) is 17.9 Å². The number of phenolic OH excluding ortho intramolecular Hbond substituents is 1. The Bertz CT molecular complexity index is 323. The zero-order chi connectivity index (χ0) is 9.84. The fraction of sp³-hybridized carbons (Fsp3) is 0.111. The summed E-state index contributed by atoms with van der Waals surface area (Å²) in [6, 6.07) is 4.21. The van der Waals surface area contributed by atoms with E-state index in [9.17, 15) is 4.79 Å². The highest BCUT2D eigenvalue weighted by atomic mass is 16.3. The van der Waals surface area contributed by atoms with Gasteiger partial charge in [-0.2, -0.15) is 0 Å². The average molecular weight is 180 g/mol. The first kappa shape index (κ1) is 9.54. The third kappa shape index (κ3) is 2.19. The minimum atomic E-state index is -0.629. The van der Waals surface area contributed by atoms with E-state index in [0.29, 0.717) is 5.56 Å². The molecule has 0 saturated carbocycles. The summed E-state index contributed by atoms with van der Waals surface area (Å²) in [7, 11) is 0. The summed E-state index contributed by atoms with van der Waals surface area (Å²) >= 11 is 0. The molecular weight excluding hydrogens is 170 g/mol. The number of hydrogen-bond donors (Lipinski definition) is 3. The quantitative estimate of drug-likeness (QED) is 0.613. The Balaban J connectivity index is 3.10. The van der Waals surface area contributed by atoms with Crippen molar-refractivity contribution in [1.29, 1.82) is 0 Å². The number of aliphatic hydroxyl groups is 1. The fourth-order valence-electron chi connectivity index (χ4n) is 1.03. The van der Waals surface area contributed by atoms with E-state index < -0.39 is 5.91 Å². The van der Waals surface area contributed by atoms with Gasteiger partial charge in [0.25, 0.3) is 0 Å². The maximum absolute atomic E-state index is 10.9. The van der Waals surface area contributed by atoms with Crippen LogP contribution in [0.25, 0.3) is 0 Å². The Morgan fingerprint density at radius 2 is 2.23 bits per heavy atom. The topological polar surface area (TPSA) is 83.6 Å². The van der Waals surface area contributed by atoms with Crippen LogP contribution in [-0.2, 0) is 0 Å². The van der Waals surface area contributed by atoms with Crippen molar-refractivity contribution in [3.8, 4) is 5.75 Å². The number of carbonyl (C=O) groups excluding carboxylic acids is 1. The molecule has 4 heteroatoms. The van der Waals surface area contributed by atoms with Gasteiger partial charge >= 0.3 is 0 Å². The highest BCUT2D eigenvalue weighted by molar-refractivity contribution is 5.95. The molecule has 0 aliphatic heterocycles. The van der Waals surface area contributed by atoms with Crippen LogP contribution in [0.2, 0.25) is 0 Å². The molecule has 0 bridgehead atoms. The van der Waals surface area contributed by atoms with Gasteiger partial charge in [0.2, 0.25) is 5.91 Å². The molecule has 1 amide bonds. The van der Waals surface area contributed by atoms with Crippen LogP contribution < -0.4 is 5.73 Å². The number of primary amides is 1. The summed E-state index contributed by atoms with van der Waals surface area (Å²) in [6.45, 7) is -0.176. The molecule has 13 heavy (non-hydrogen) atoms. The van der Waals surface area contributed by atoms with Gasteiger partial charge in [-0.1, -0.05) is 6.07 Å². The molecule has 1 aromatic carbocycles. The molecule has 0 fully saturated rings. The van der Waals surface area contributed by atoms with Crippen molar-refractivity contribution in [2.24, 2.45) is 5.73 Å². The minimum Gasteiger partial charge on any atom is -0.508 e. The van der Waals surface area contributed by atoms with E-state index in [4.69, 9.17) is 15.9 Å². The van der Waals surface area contributed by atoms with Gasteiger partial charge < -0.3 is 15.9 Å². The van der Waals surface area contributed by atoms with Crippen molar-refractivity contribution in [2.45, 2.75) is 0 Å². The molecule has 4 N–H and O–H groups in total. The number of carbonyl (C=O) groups is 1. The molecular formula is C9H10NO3. The summed E-state index contributed by atoms with van der Waals surface area (Å²) in [5.41, 5.74) is 5.79. The molecule has 4 nitrogen and oxygen atoms in total. The van der Waals surface area contributed by atoms with Gasteiger partial charge in [0.15, 0.2) is 0 Å². The molecule has 0 heterocycles. The first-order chi connectivity index (χ1) is 6.15. The van der Waals surface area contributed by atoms with Gasteiger partial charge in [0.05, 0.1) is 6.61 Å². The first-order valence-corrected chi connectivity index (χ1v) is 3.72. The van der Waals surface area contributed by atoms with Crippen molar-refractivity contribution in [1.82, 2.24) is 0 Å². The minimum absolute atomic E-state index is 0.0242. The van der Waals surface area contributed by atoms with Crippen LogP contribution >= 0.6 is 0 Å². The van der Waals surface area contributed by atoms with Crippen molar-refractivity contribution in [3.63, 3.8) is 0 Å². The Kier molecular flexibility index (Phi) is 2.87. The van der Waals surface area contributed by atoms with Crippen LogP contribution in [0.4, 0.5) is 0 Å². The zero-order valence-corrected chi connectivity index (χ0v) is 6.90. The molecule has 0 atom stereocenters. The Labute approximate surface area is 75.6 Å². The van der Waals surface area contributed by atoms with Crippen LogP contribution in [0.15, 0.2) is 18.2 Å². The molecule has 0 aliphatic rings. The molecule has 0 saturated heterocycles. The van der Waals surface area contributed by atoms with Crippen LogP contribution in [0.3, 0.4) is 0 Å². The predicted octanol–water partition coefficient (Wildman–Crippen LogP) is 0.0358. The number of phenols is 1. The largest absolute Gasteiger partial charge is 0.508 e. The summed E-state index contributed by atoms with van der Waals surface area (Å²) in [4.78, 5) is 10.9. The van der Waals surface area contributed by atoms with Crippen LogP contribution in [0.5, 0.6) is 5.75 Å². The number of hydrogen-bond acceptors (Lipinski definition) is 3. The molecule has 0 aliphatic carbocycles. The van der Waals surface area contributed by atoms with Gasteiger partial charge in [-0.3, -0.25) is 4.79 Å². The maximum Gasteiger partial charge on any atom is 0.249 e. The number of benzene rings is 1. The molecule has 0 aromatic heterocycles. The van der Waals surface area contributed by atoms with Gasteiger partial charge in [-0.15, -0.1) is 0 Å². The zero-order valence-electron chi connectivity index (χ0n) is 6.90. The Hall–Kier alpha value is -1.55. The average Bonchev–Trinajstić information content (AvgIpc) is 2.08. The second-order valence-corrected chi connectivity index (χ2v) is 2.52. The number of rotatable bonds is 3. The second kappa shape index (κ2) is 3.91. The highest BCUT2D eigenvalue weighted by Crippen LogP contribution is 2.17. The van der Waals surface area contributed by atoms with Crippen molar-refractivity contribution >= 4 is 5.91 Å². The van der Waals surface area contributed by atoms with E-state index in [1.54, 1.807) is 0 Å². The normalized spacial score (nSPS) is 9.92. The number of aliphatic hydroxyl groups excluding tert-OH is 1. The Morgan fingerprint density at radius 1 is 1.54 bits per heavy atom. The molecule has 0 spiro atoms. The highest BCUT2D eigenvalue weighted by Gasteiger charge is 2.08. The summed E-state index contributed by atoms with van der Waals surface area (Å²) in [6.07, 6.45) is 1.44. The molecule has 1 radical (unpaired) electrons. The third-order valence-electron chi connectivity index (χ3n) is 1.61. The Morgan fingerprint density at radius 3 is 2.77 bits per heavy atom. The summed E-state index contributed by atoms with van der Waals surface area (Å²) in [5.74, 6) is -0.653. The maximum atomic E-state index is 10.9. The lowest BCUT2D eigenvalue weighted by Gasteiger charge is -2.04. The SMILES string of the molecule is NC(=O)c1cc(O)ccc1[CH]CO. The molecule has 1 aromatic rings. The van der Waals surface area contributed by atoms with E-state index in [0.717, 1.165) is 0 Å². The van der Waals surface area contributed by atoms with Crippen LogP contribution in [-0.4, -0.2) is 22.7 Å². The van der Waals surface area contributed by atoms with Gasteiger partial charge in [0, 0.05) is 12.0 Å². The van der Waals surface area contributed by atoms with Gasteiger partial charge in [-0.05, 0) is 17.7 Å². The van der Waals surface area contributed by atoms with Crippen molar-refractivity contribution in [3.05, 3.63) is 35.7 Å². The van der Waals surface area contributed by atoms with Crippen LogP contribution in [0.1, 0.15) is 15.9 Å². The summed E-state index contributed by atoms with van der Waals surface area (Å²) in [5, 5.41) is 17.7. The molecule has 69 valence electrons. The summed E-state index contributed by atoms with van der Waals surface area (Å²) < 4.78 is 0. The lowest BCUT2D eigenvalue weighted by atomic mass is 10.0. The van der Waals surface area contributed by atoms with E-state index in [1.807, 2.05) is 0 Å². The third-order valence-corrected chi connectivity index (χ3v) is 1.61. The molecule has 0 unspecified atom stereocenters. The van der Waals surface area contributed by atoms with E-state index in [1.165, 1.54) is 24.6 Å². The molecule has 1 rings (SSSR count). The number of amides is 1. The van der Waals surface area contributed by atoms with Crippen molar-refractivity contribution < 1.29 is 15.0 Å². The number of nitrogens with two attached hydrogens (primary N) is 1. The number of aromatic hydroxyl groups is 1. The van der Waals surface area contributed by atoms with Crippen LogP contribution in [0, 0.1) is 6.42 Å². The van der Waals surface area contributed by atoms with Gasteiger partial charge in [-0.25, -0.2) is 0 Å². The monoisotopic (exact) mass is 180 g/mol. The lowest BCUT2D eigenvalue weighted by Crippen LogP contribution is -2.13. The van der Waals surface area contributed by atoms with Gasteiger partial charge in [0.1, 0.15) is 5.75 Å². The first-order valence-electron chi connectivity index (χ1n) is 3.72. The predicted molar refractivity (Wildman–Crippen MR) is 47.1 cm³/mol. The van der Waals surface area contributed by atoms with E-state index >= 15 is 0 Å². The second-order valence-electron chi connectivity index (χ2n) is 2.52. The standard InChI is InChI=1S/C9H10NO3/c10-9(13)8-5-7(12)2-1-6(8)3-4-11/h1-3,5,11-12H,4H2,(H2,10,13). The smallest absolute Gasteiger partial charge is 0.249 e. The fourth-order valence-corrected chi connectivity index (χ4v) is 1.03. The van der Waals surface area contributed by atoms with Crippen molar-refractivity contribution in [2.75, 3.05) is 6.61 Å².